The molecule has 0 saturated heterocycles. The highest BCUT2D eigenvalue weighted by Gasteiger charge is 2.36. The van der Waals surface area contributed by atoms with Gasteiger partial charge in [0, 0.05) is 23.1 Å². The van der Waals surface area contributed by atoms with Crippen molar-refractivity contribution in [2.45, 2.75) is 24.4 Å². The fourth-order valence-corrected chi connectivity index (χ4v) is 3.90. The SMILES string of the molecule is COc1cccc([C@@H]2CC=C[C@H](N(C)C)C2NC(=O)c2ccccc2)c1OC. The Labute approximate surface area is 167 Å². The van der Waals surface area contributed by atoms with Crippen LogP contribution in [0.15, 0.2) is 60.7 Å². The monoisotopic (exact) mass is 380 g/mol. The number of allylic oxidation sites excluding steroid dienone is 1. The minimum Gasteiger partial charge on any atom is -0.493 e. The number of nitrogens with zero attached hydrogens (tertiary/aromatic N) is 1. The molecule has 28 heavy (non-hydrogen) atoms. The van der Waals surface area contributed by atoms with Crippen LogP contribution in [0.2, 0.25) is 0 Å². The van der Waals surface area contributed by atoms with Gasteiger partial charge in [-0.15, -0.1) is 0 Å². The summed E-state index contributed by atoms with van der Waals surface area (Å²) in [6.07, 6.45) is 5.16. The van der Waals surface area contributed by atoms with Crippen molar-refractivity contribution < 1.29 is 14.3 Å². The molecule has 0 aromatic heterocycles. The third kappa shape index (κ3) is 4.04. The van der Waals surface area contributed by atoms with Gasteiger partial charge in [0.15, 0.2) is 11.5 Å². The molecular formula is C23H28N2O3. The van der Waals surface area contributed by atoms with E-state index in [1.54, 1.807) is 14.2 Å². The van der Waals surface area contributed by atoms with Gasteiger partial charge in [0.2, 0.25) is 0 Å². The smallest absolute Gasteiger partial charge is 0.251 e. The average molecular weight is 380 g/mol. The molecule has 5 nitrogen and oxygen atoms in total. The highest BCUT2D eigenvalue weighted by molar-refractivity contribution is 5.94. The van der Waals surface area contributed by atoms with E-state index in [0.29, 0.717) is 11.3 Å². The molecule has 3 atom stereocenters. The Kier molecular flexibility index (Phi) is 6.37. The van der Waals surface area contributed by atoms with Crippen LogP contribution in [0.5, 0.6) is 11.5 Å². The van der Waals surface area contributed by atoms with Crippen molar-refractivity contribution in [3.63, 3.8) is 0 Å². The molecule has 3 rings (SSSR count). The number of carbonyl (C=O) groups excluding carboxylic acids is 1. The van der Waals surface area contributed by atoms with Crippen molar-refractivity contribution >= 4 is 5.91 Å². The van der Waals surface area contributed by atoms with E-state index in [9.17, 15) is 4.79 Å². The largest absolute Gasteiger partial charge is 0.493 e. The Hall–Kier alpha value is -2.79. The van der Waals surface area contributed by atoms with E-state index in [1.807, 2.05) is 56.6 Å². The predicted octanol–water partition coefficient (Wildman–Crippen LogP) is 3.48. The molecule has 5 heteroatoms. The summed E-state index contributed by atoms with van der Waals surface area (Å²) in [7, 11) is 7.35. The first-order chi connectivity index (χ1) is 13.6. The lowest BCUT2D eigenvalue weighted by Gasteiger charge is -2.39. The molecule has 0 spiro atoms. The molecule has 0 heterocycles. The molecule has 1 amide bonds. The Morgan fingerprint density at radius 2 is 1.79 bits per heavy atom. The molecule has 1 N–H and O–H groups in total. The third-order valence-electron chi connectivity index (χ3n) is 5.29. The zero-order chi connectivity index (χ0) is 20.1. The molecule has 0 bridgehead atoms. The number of rotatable bonds is 6. The van der Waals surface area contributed by atoms with E-state index in [1.165, 1.54) is 0 Å². The minimum atomic E-state index is -0.103. The Morgan fingerprint density at radius 3 is 2.43 bits per heavy atom. The van der Waals surface area contributed by atoms with Crippen LogP contribution in [0.1, 0.15) is 28.3 Å². The van der Waals surface area contributed by atoms with Crippen molar-refractivity contribution in [1.82, 2.24) is 10.2 Å². The number of hydrogen-bond acceptors (Lipinski definition) is 4. The summed E-state index contributed by atoms with van der Waals surface area (Å²) in [6.45, 7) is 0. The molecule has 0 fully saturated rings. The molecule has 1 aliphatic rings. The molecular weight excluding hydrogens is 352 g/mol. The van der Waals surface area contributed by atoms with Crippen molar-refractivity contribution in [2.75, 3.05) is 28.3 Å². The second kappa shape index (κ2) is 8.93. The van der Waals surface area contributed by atoms with E-state index in [4.69, 9.17) is 9.47 Å². The predicted molar refractivity (Wildman–Crippen MR) is 111 cm³/mol. The topological polar surface area (TPSA) is 50.8 Å². The Morgan fingerprint density at radius 1 is 1.04 bits per heavy atom. The summed E-state index contributed by atoms with van der Waals surface area (Å²) < 4.78 is 11.2. The van der Waals surface area contributed by atoms with Gasteiger partial charge in [0.25, 0.3) is 5.91 Å². The van der Waals surface area contributed by atoms with E-state index in [2.05, 4.69) is 28.4 Å². The molecule has 148 valence electrons. The molecule has 0 aliphatic heterocycles. The average Bonchev–Trinajstić information content (AvgIpc) is 2.73. The van der Waals surface area contributed by atoms with Gasteiger partial charge in [-0.25, -0.2) is 0 Å². The lowest BCUT2D eigenvalue weighted by Crippen LogP contribution is -2.53. The van der Waals surface area contributed by atoms with Gasteiger partial charge in [-0.1, -0.05) is 42.5 Å². The van der Waals surface area contributed by atoms with E-state index in [0.717, 1.165) is 17.7 Å². The summed E-state index contributed by atoms with van der Waals surface area (Å²) in [5.41, 5.74) is 1.70. The maximum absolute atomic E-state index is 12.9. The van der Waals surface area contributed by atoms with Gasteiger partial charge in [-0.05, 0) is 38.7 Å². The number of methoxy groups -OCH3 is 2. The van der Waals surface area contributed by atoms with Crippen LogP contribution in [0.25, 0.3) is 0 Å². The van der Waals surface area contributed by atoms with Crippen LogP contribution in [-0.2, 0) is 0 Å². The standard InChI is InChI=1S/C23H28N2O3/c1-25(2)19-14-8-12-17(18-13-9-15-20(27-3)22(18)28-4)21(19)24-23(26)16-10-6-5-7-11-16/h5-11,13-15,17,19,21H,12H2,1-4H3,(H,24,26)/t17-,19-,21?/m0/s1. The highest BCUT2D eigenvalue weighted by Crippen LogP contribution is 2.41. The first kappa shape index (κ1) is 20.0. The summed E-state index contributed by atoms with van der Waals surface area (Å²) in [6, 6.07) is 15.2. The number of ether oxygens (including phenoxy) is 2. The summed E-state index contributed by atoms with van der Waals surface area (Å²) in [4.78, 5) is 15.1. The molecule has 1 unspecified atom stereocenters. The van der Waals surface area contributed by atoms with Crippen LogP contribution in [0.4, 0.5) is 0 Å². The van der Waals surface area contributed by atoms with Gasteiger partial charge in [0.1, 0.15) is 0 Å². The molecule has 0 radical (unpaired) electrons. The second-order valence-corrected chi connectivity index (χ2v) is 7.17. The van der Waals surface area contributed by atoms with E-state index >= 15 is 0 Å². The fraction of sp³-hybridized carbons (Fsp3) is 0.348. The minimum absolute atomic E-state index is 0.0649. The number of nitrogens with one attached hydrogen (secondary N) is 1. The molecule has 1 aliphatic carbocycles. The van der Waals surface area contributed by atoms with Crippen LogP contribution in [-0.4, -0.2) is 51.2 Å². The fourth-order valence-electron chi connectivity index (χ4n) is 3.90. The van der Waals surface area contributed by atoms with Crippen LogP contribution >= 0.6 is 0 Å². The molecule has 2 aromatic carbocycles. The van der Waals surface area contributed by atoms with Crippen molar-refractivity contribution in [3.8, 4) is 11.5 Å². The first-order valence-electron chi connectivity index (χ1n) is 9.46. The van der Waals surface area contributed by atoms with Crippen LogP contribution in [0.3, 0.4) is 0 Å². The Bertz CT molecular complexity index is 833. The zero-order valence-corrected chi connectivity index (χ0v) is 16.9. The van der Waals surface area contributed by atoms with Gasteiger partial charge in [-0.3, -0.25) is 4.79 Å². The number of likely N-dealkylation sites (N-methyl/N-ethyl adjacent to an activating group) is 1. The van der Waals surface area contributed by atoms with Gasteiger partial charge in [-0.2, -0.15) is 0 Å². The number of hydrogen-bond donors (Lipinski definition) is 1. The number of para-hydroxylation sites is 1. The number of benzene rings is 2. The summed E-state index contributed by atoms with van der Waals surface area (Å²) in [5, 5.41) is 3.28. The first-order valence-corrected chi connectivity index (χ1v) is 9.46. The number of amides is 1. The normalized spacial score (nSPS) is 21.4. The Balaban J connectivity index is 1.99. The summed E-state index contributed by atoms with van der Waals surface area (Å²) >= 11 is 0. The van der Waals surface area contributed by atoms with E-state index in [-0.39, 0.29) is 23.9 Å². The van der Waals surface area contributed by atoms with Crippen molar-refractivity contribution in [1.29, 1.82) is 0 Å². The lowest BCUT2D eigenvalue weighted by molar-refractivity contribution is 0.0905. The molecule has 2 aromatic rings. The molecule has 0 saturated carbocycles. The summed E-state index contributed by atoms with van der Waals surface area (Å²) in [5.74, 6) is 1.42. The van der Waals surface area contributed by atoms with E-state index < -0.39 is 0 Å². The van der Waals surface area contributed by atoms with Gasteiger partial charge >= 0.3 is 0 Å². The third-order valence-corrected chi connectivity index (χ3v) is 5.29. The highest BCUT2D eigenvalue weighted by atomic mass is 16.5. The quantitative estimate of drug-likeness (QED) is 0.780. The second-order valence-electron chi connectivity index (χ2n) is 7.17. The zero-order valence-electron chi connectivity index (χ0n) is 16.9. The number of carbonyl (C=O) groups is 1. The van der Waals surface area contributed by atoms with Crippen molar-refractivity contribution in [3.05, 3.63) is 71.8 Å². The van der Waals surface area contributed by atoms with Crippen molar-refractivity contribution in [2.24, 2.45) is 0 Å². The maximum Gasteiger partial charge on any atom is 0.251 e. The van der Waals surface area contributed by atoms with Crippen LogP contribution in [0, 0.1) is 0 Å². The lowest BCUT2D eigenvalue weighted by atomic mass is 9.79. The maximum atomic E-state index is 12.9. The van der Waals surface area contributed by atoms with Gasteiger partial charge < -0.3 is 19.7 Å². The van der Waals surface area contributed by atoms with Gasteiger partial charge in [0.05, 0.1) is 20.3 Å². The van der Waals surface area contributed by atoms with Crippen LogP contribution < -0.4 is 14.8 Å².